The van der Waals surface area contributed by atoms with Crippen LogP contribution in [0.2, 0.25) is 0 Å². The summed E-state index contributed by atoms with van der Waals surface area (Å²) in [7, 11) is 1.70. The summed E-state index contributed by atoms with van der Waals surface area (Å²) < 4.78 is 18.9. The number of aromatic nitrogens is 2. The van der Waals surface area contributed by atoms with E-state index < -0.39 is 0 Å². The predicted molar refractivity (Wildman–Crippen MR) is 129 cm³/mol. The molecular formula is C25H32FN5O2. The fraction of sp³-hybridized carbons (Fsp3) is 0.440. The van der Waals surface area contributed by atoms with Gasteiger partial charge < -0.3 is 26.1 Å². The van der Waals surface area contributed by atoms with Gasteiger partial charge in [-0.1, -0.05) is 13.3 Å². The van der Waals surface area contributed by atoms with E-state index >= 15 is 0 Å². The lowest BCUT2D eigenvalue weighted by atomic mass is 9.91. The van der Waals surface area contributed by atoms with E-state index in [0.717, 1.165) is 55.3 Å². The summed E-state index contributed by atoms with van der Waals surface area (Å²) in [5, 5.41) is 7.32. The van der Waals surface area contributed by atoms with Crippen LogP contribution in [0.1, 0.15) is 67.6 Å². The molecule has 33 heavy (non-hydrogen) atoms. The minimum Gasteiger partial charge on any atom is -0.381 e. The lowest BCUT2D eigenvalue weighted by Gasteiger charge is -2.28. The molecule has 1 aliphatic carbocycles. The minimum atomic E-state index is -0.353. The fourth-order valence-electron chi connectivity index (χ4n) is 4.46. The van der Waals surface area contributed by atoms with Crippen LogP contribution in [0.15, 0.2) is 36.5 Å². The van der Waals surface area contributed by atoms with E-state index in [9.17, 15) is 9.18 Å². The average molecular weight is 454 g/mol. The highest BCUT2D eigenvalue weighted by Crippen LogP contribution is 2.33. The van der Waals surface area contributed by atoms with Crippen LogP contribution < -0.4 is 16.4 Å². The maximum absolute atomic E-state index is 13.3. The van der Waals surface area contributed by atoms with Gasteiger partial charge in [0.2, 0.25) is 0 Å². The van der Waals surface area contributed by atoms with Gasteiger partial charge in [-0.05, 0) is 62.4 Å². The Morgan fingerprint density at radius 2 is 2.00 bits per heavy atom. The van der Waals surface area contributed by atoms with E-state index in [4.69, 9.17) is 10.5 Å². The molecule has 1 aromatic carbocycles. The highest BCUT2D eigenvalue weighted by atomic mass is 19.1. The molecule has 0 aliphatic heterocycles. The number of methoxy groups -OCH3 is 1. The Kier molecular flexibility index (Phi) is 7.25. The summed E-state index contributed by atoms with van der Waals surface area (Å²) in [6.45, 7) is 2.12. The van der Waals surface area contributed by atoms with Crippen molar-refractivity contribution in [2.24, 2.45) is 5.73 Å². The number of hydrogen-bond donors (Lipinski definition) is 4. The van der Waals surface area contributed by atoms with Crippen molar-refractivity contribution in [1.29, 1.82) is 0 Å². The molecule has 7 nitrogen and oxygen atoms in total. The van der Waals surface area contributed by atoms with Crippen LogP contribution in [0.3, 0.4) is 0 Å². The highest BCUT2D eigenvalue weighted by molar-refractivity contribution is 6.12. The van der Waals surface area contributed by atoms with Crippen LogP contribution in [0.5, 0.6) is 0 Å². The Labute approximate surface area is 193 Å². The van der Waals surface area contributed by atoms with Crippen molar-refractivity contribution in [2.45, 2.75) is 63.6 Å². The summed E-state index contributed by atoms with van der Waals surface area (Å²) in [5.74, 6) is -0.654. The molecule has 2 heterocycles. The number of rotatable bonds is 8. The first kappa shape index (κ1) is 23.2. The van der Waals surface area contributed by atoms with E-state index in [-0.39, 0.29) is 29.9 Å². The maximum Gasteiger partial charge on any atom is 0.259 e. The van der Waals surface area contributed by atoms with Gasteiger partial charge in [-0.2, -0.15) is 0 Å². The Balaban J connectivity index is 1.70. The number of amides is 1. The molecule has 1 amide bonds. The van der Waals surface area contributed by atoms with Crippen molar-refractivity contribution in [3.05, 3.63) is 53.6 Å². The number of nitrogens with zero attached hydrogens (tertiary/aromatic N) is 1. The van der Waals surface area contributed by atoms with Gasteiger partial charge in [0.05, 0.1) is 17.4 Å². The molecule has 4 rings (SSSR count). The molecule has 5 N–H and O–H groups in total. The number of carbonyl (C=O) groups excluding carboxylic acids is 1. The first-order valence-electron chi connectivity index (χ1n) is 11.6. The normalized spacial score (nSPS) is 19.4. The third-order valence-electron chi connectivity index (χ3n) is 6.33. The standard InChI is InChI=1S/C25H32FN5O2/c1-3-4-22(33-2)21-13-19-23(29-17-11-7-16(27)8-12-17)20(14-28-24(19)31-21)25(32)30-18-9-5-15(26)6-10-18/h5-6,9-10,13-14,16-17,22H,3-4,7-8,11-12,27H2,1-2H3,(H,30,32)(H2,28,29,31). The van der Waals surface area contributed by atoms with Crippen molar-refractivity contribution >= 4 is 28.3 Å². The Morgan fingerprint density at radius 1 is 1.27 bits per heavy atom. The Bertz CT molecular complexity index is 1090. The smallest absolute Gasteiger partial charge is 0.259 e. The van der Waals surface area contributed by atoms with E-state index in [1.807, 2.05) is 6.07 Å². The number of nitrogens with one attached hydrogen (secondary N) is 3. The van der Waals surface area contributed by atoms with Gasteiger partial charge in [0.1, 0.15) is 11.5 Å². The molecule has 1 aliphatic rings. The van der Waals surface area contributed by atoms with Crippen LogP contribution in [0.25, 0.3) is 11.0 Å². The third-order valence-corrected chi connectivity index (χ3v) is 6.33. The van der Waals surface area contributed by atoms with Gasteiger partial charge in [0.15, 0.2) is 0 Å². The first-order valence-corrected chi connectivity index (χ1v) is 11.6. The summed E-state index contributed by atoms with van der Waals surface area (Å²) in [6.07, 6.45) is 7.16. The van der Waals surface area contributed by atoms with E-state index in [1.54, 1.807) is 13.3 Å². The van der Waals surface area contributed by atoms with Crippen LogP contribution in [-0.2, 0) is 4.74 Å². The molecule has 0 saturated heterocycles. The van der Waals surface area contributed by atoms with Gasteiger partial charge >= 0.3 is 0 Å². The Morgan fingerprint density at radius 3 is 2.67 bits per heavy atom. The van der Waals surface area contributed by atoms with Crippen molar-refractivity contribution in [3.63, 3.8) is 0 Å². The number of benzene rings is 1. The molecule has 2 aromatic heterocycles. The number of ether oxygens (including phenoxy) is 1. The molecule has 1 fully saturated rings. The monoisotopic (exact) mass is 453 g/mol. The molecule has 8 heteroatoms. The van der Waals surface area contributed by atoms with E-state index in [1.165, 1.54) is 24.3 Å². The summed E-state index contributed by atoms with van der Waals surface area (Å²) in [6, 6.07) is 8.19. The average Bonchev–Trinajstić information content (AvgIpc) is 3.25. The molecule has 1 atom stereocenters. The largest absolute Gasteiger partial charge is 0.381 e. The van der Waals surface area contributed by atoms with Gasteiger partial charge in [-0.25, -0.2) is 9.37 Å². The molecular weight excluding hydrogens is 421 g/mol. The zero-order valence-electron chi connectivity index (χ0n) is 19.2. The van der Waals surface area contributed by atoms with Crippen molar-refractivity contribution in [2.75, 3.05) is 17.7 Å². The van der Waals surface area contributed by atoms with Crippen LogP contribution in [0.4, 0.5) is 15.8 Å². The second kappa shape index (κ2) is 10.3. The van der Waals surface area contributed by atoms with Gasteiger partial charge in [0.25, 0.3) is 5.91 Å². The summed E-state index contributed by atoms with van der Waals surface area (Å²) in [4.78, 5) is 21.1. The summed E-state index contributed by atoms with van der Waals surface area (Å²) >= 11 is 0. The molecule has 1 unspecified atom stereocenters. The number of hydrogen-bond acceptors (Lipinski definition) is 5. The van der Waals surface area contributed by atoms with Crippen molar-refractivity contribution in [3.8, 4) is 0 Å². The SMILES string of the molecule is CCCC(OC)c1cc2c(NC3CCC(N)CC3)c(C(=O)Nc3ccc(F)cc3)cnc2[nH]1. The number of anilines is 2. The first-order chi connectivity index (χ1) is 16.0. The summed E-state index contributed by atoms with van der Waals surface area (Å²) in [5.41, 5.74) is 9.44. The predicted octanol–water partition coefficient (Wildman–Crippen LogP) is 5.12. The second-order valence-corrected chi connectivity index (χ2v) is 8.76. The number of H-pyrrole nitrogens is 1. The number of pyridine rings is 1. The van der Waals surface area contributed by atoms with Crippen molar-refractivity contribution in [1.82, 2.24) is 9.97 Å². The van der Waals surface area contributed by atoms with E-state index in [0.29, 0.717) is 16.9 Å². The number of fused-ring (bicyclic) bond motifs is 1. The fourth-order valence-corrected chi connectivity index (χ4v) is 4.46. The quantitative estimate of drug-likeness (QED) is 0.379. The molecule has 176 valence electrons. The van der Waals surface area contributed by atoms with E-state index in [2.05, 4.69) is 27.5 Å². The number of carbonyl (C=O) groups is 1. The van der Waals surface area contributed by atoms with Gasteiger partial charge in [-0.15, -0.1) is 0 Å². The van der Waals surface area contributed by atoms with Crippen LogP contribution in [0, 0.1) is 5.82 Å². The molecule has 0 spiro atoms. The molecule has 0 bridgehead atoms. The Hall–Kier alpha value is -2.97. The number of halogens is 1. The topological polar surface area (TPSA) is 105 Å². The third kappa shape index (κ3) is 5.34. The lowest BCUT2D eigenvalue weighted by molar-refractivity contribution is 0.0921. The zero-order chi connectivity index (χ0) is 23.4. The van der Waals surface area contributed by atoms with Crippen LogP contribution >= 0.6 is 0 Å². The van der Waals surface area contributed by atoms with Gasteiger partial charge in [0, 0.05) is 42.2 Å². The number of aromatic amines is 1. The molecule has 0 radical (unpaired) electrons. The second-order valence-electron chi connectivity index (χ2n) is 8.76. The van der Waals surface area contributed by atoms with Gasteiger partial charge in [-0.3, -0.25) is 4.79 Å². The maximum atomic E-state index is 13.3. The van der Waals surface area contributed by atoms with Crippen molar-refractivity contribution < 1.29 is 13.9 Å². The molecule has 1 saturated carbocycles. The lowest BCUT2D eigenvalue weighted by Crippen LogP contribution is -2.33. The molecule has 3 aromatic rings. The number of nitrogens with two attached hydrogens (primary N) is 1. The zero-order valence-corrected chi connectivity index (χ0v) is 19.2. The highest BCUT2D eigenvalue weighted by Gasteiger charge is 2.24. The minimum absolute atomic E-state index is 0.0683. The van der Waals surface area contributed by atoms with Crippen LogP contribution in [-0.4, -0.2) is 35.1 Å².